The first-order valence-corrected chi connectivity index (χ1v) is 9.73. The van der Waals surface area contributed by atoms with Crippen LogP contribution in [0.15, 0.2) is 54.6 Å². The van der Waals surface area contributed by atoms with Crippen LogP contribution in [0.1, 0.15) is 23.6 Å². The molecule has 0 aliphatic carbocycles. The summed E-state index contributed by atoms with van der Waals surface area (Å²) in [7, 11) is 1.81. The van der Waals surface area contributed by atoms with E-state index >= 15 is 0 Å². The normalized spacial score (nSPS) is 20.3. The number of urea groups is 1. The number of aliphatic hydroxyl groups excluding tert-OH is 1. The van der Waals surface area contributed by atoms with Gasteiger partial charge in [0.15, 0.2) is 0 Å². The first kappa shape index (κ1) is 22.8. The molecule has 0 bridgehead atoms. The number of nitrogens with one attached hydrogen (secondary N) is 1. The van der Waals surface area contributed by atoms with Crippen molar-refractivity contribution in [2.24, 2.45) is 0 Å². The third kappa shape index (κ3) is 5.05. The maximum atomic E-state index is 12.9. The van der Waals surface area contributed by atoms with Crippen molar-refractivity contribution in [2.75, 3.05) is 20.1 Å². The lowest BCUT2D eigenvalue weighted by Gasteiger charge is -2.25. The van der Waals surface area contributed by atoms with E-state index in [0.29, 0.717) is 6.54 Å². The summed E-state index contributed by atoms with van der Waals surface area (Å²) in [6.45, 7) is 2.02. The Morgan fingerprint density at radius 1 is 1.10 bits per heavy atom. The number of β-amino-alcohol motifs (C(OH)–C–C–N with tert-alkyl or cyclic N) is 1. The standard InChI is InChI=1S/C22H24F3N3O3/c1-21(16-8-10-17(11-9-16)22(23,24)25)19(30)28(20(31)26-21)14-18(29)13-27(2)12-15-6-4-3-5-7-15/h3-11,18,29H,12-14H2,1-2H3,(H,26,31). The van der Waals surface area contributed by atoms with Crippen LogP contribution in [-0.4, -0.2) is 53.1 Å². The molecule has 1 aliphatic heterocycles. The van der Waals surface area contributed by atoms with Gasteiger partial charge in [-0.25, -0.2) is 4.79 Å². The van der Waals surface area contributed by atoms with Gasteiger partial charge in [-0.05, 0) is 37.2 Å². The van der Waals surface area contributed by atoms with E-state index in [1.807, 2.05) is 42.3 Å². The Balaban J connectivity index is 1.65. The minimum absolute atomic E-state index is 0.222. The van der Waals surface area contributed by atoms with E-state index < -0.39 is 35.3 Å². The summed E-state index contributed by atoms with van der Waals surface area (Å²) < 4.78 is 38.4. The Morgan fingerprint density at radius 2 is 1.71 bits per heavy atom. The van der Waals surface area contributed by atoms with Crippen molar-refractivity contribution < 1.29 is 27.9 Å². The second-order valence-electron chi connectivity index (χ2n) is 7.88. The molecule has 0 spiro atoms. The number of alkyl halides is 3. The summed E-state index contributed by atoms with van der Waals surface area (Å²) in [5.41, 5.74) is -1.05. The number of benzene rings is 2. The molecule has 31 heavy (non-hydrogen) atoms. The molecular formula is C22H24F3N3O3. The van der Waals surface area contributed by atoms with Crippen LogP contribution >= 0.6 is 0 Å². The molecular weight excluding hydrogens is 411 g/mol. The minimum atomic E-state index is -4.50. The van der Waals surface area contributed by atoms with Gasteiger partial charge in [-0.2, -0.15) is 13.2 Å². The molecule has 3 amide bonds. The number of imide groups is 1. The molecule has 1 saturated heterocycles. The molecule has 9 heteroatoms. The molecule has 2 N–H and O–H groups in total. The third-order valence-electron chi connectivity index (χ3n) is 5.28. The van der Waals surface area contributed by atoms with E-state index in [2.05, 4.69) is 5.32 Å². The van der Waals surface area contributed by atoms with Gasteiger partial charge in [0.05, 0.1) is 18.2 Å². The lowest BCUT2D eigenvalue weighted by molar-refractivity contribution is -0.137. The Morgan fingerprint density at radius 3 is 2.29 bits per heavy atom. The molecule has 3 rings (SSSR count). The van der Waals surface area contributed by atoms with Gasteiger partial charge in [-0.15, -0.1) is 0 Å². The van der Waals surface area contributed by atoms with Crippen molar-refractivity contribution in [1.29, 1.82) is 0 Å². The summed E-state index contributed by atoms with van der Waals surface area (Å²) in [6.07, 6.45) is -5.48. The van der Waals surface area contributed by atoms with Crippen molar-refractivity contribution in [3.63, 3.8) is 0 Å². The minimum Gasteiger partial charge on any atom is -0.390 e. The van der Waals surface area contributed by atoms with E-state index in [1.54, 1.807) is 0 Å². The van der Waals surface area contributed by atoms with Crippen LogP contribution in [0.3, 0.4) is 0 Å². The second-order valence-corrected chi connectivity index (χ2v) is 7.88. The second kappa shape index (κ2) is 8.68. The first-order valence-electron chi connectivity index (χ1n) is 9.73. The average Bonchev–Trinajstić information content (AvgIpc) is 2.92. The predicted octanol–water partition coefficient (Wildman–Crippen LogP) is 2.97. The van der Waals surface area contributed by atoms with Crippen molar-refractivity contribution in [3.05, 3.63) is 71.3 Å². The number of likely N-dealkylation sites (N-methyl/N-ethyl adjacent to an activating group) is 1. The Labute approximate surface area is 178 Å². The molecule has 0 aromatic heterocycles. The summed E-state index contributed by atoms with van der Waals surface area (Å²) in [6, 6.07) is 13.0. The summed E-state index contributed by atoms with van der Waals surface area (Å²) >= 11 is 0. The highest BCUT2D eigenvalue weighted by molar-refractivity contribution is 6.07. The summed E-state index contributed by atoms with van der Waals surface area (Å²) in [5.74, 6) is -0.623. The van der Waals surface area contributed by atoms with Crippen molar-refractivity contribution >= 4 is 11.9 Å². The zero-order valence-electron chi connectivity index (χ0n) is 17.2. The van der Waals surface area contributed by atoms with Crippen molar-refractivity contribution in [3.8, 4) is 0 Å². The highest BCUT2D eigenvalue weighted by Crippen LogP contribution is 2.33. The fourth-order valence-corrected chi connectivity index (χ4v) is 3.64. The molecule has 0 saturated carbocycles. The third-order valence-corrected chi connectivity index (χ3v) is 5.28. The average molecular weight is 435 g/mol. The zero-order valence-corrected chi connectivity index (χ0v) is 17.2. The van der Waals surface area contributed by atoms with E-state index in [4.69, 9.17) is 0 Å². The molecule has 2 atom stereocenters. The van der Waals surface area contributed by atoms with Crippen LogP contribution in [0, 0.1) is 0 Å². The van der Waals surface area contributed by atoms with E-state index in [1.165, 1.54) is 19.1 Å². The largest absolute Gasteiger partial charge is 0.416 e. The molecule has 1 fully saturated rings. The number of carbonyl (C=O) groups is 2. The Hall–Kier alpha value is -2.91. The van der Waals surface area contributed by atoms with Gasteiger partial charge < -0.3 is 10.4 Å². The van der Waals surface area contributed by atoms with Gasteiger partial charge in [-0.1, -0.05) is 42.5 Å². The molecule has 6 nitrogen and oxygen atoms in total. The van der Waals surface area contributed by atoms with E-state index in [0.717, 1.165) is 22.6 Å². The number of halogens is 3. The molecule has 2 unspecified atom stereocenters. The summed E-state index contributed by atoms with van der Waals surface area (Å²) in [5, 5.41) is 13.0. The van der Waals surface area contributed by atoms with Crippen LogP contribution in [0.2, 0.25) is 0 Å². The monoisotopic (exact) mass is 435 g/mol. The van der Waals surface area contributed by atoms with Gasteiger partial charge >= 0.3 is 12.2 Å². The van der Waals surface area contributed by atoms with E-state index in [9.17, 15) is 27.9 Å². The maximum Gasteiger partial charge on any atom is 0.416 e. The number of amides is 3. The number of hydrogen-bond acceptors (Lipinski definition) is 4. The van der Waals surface area contributed by atoms with Gasteiger partial charge in [0.25, 0.3) is 5.91 Å². The Kier molecular flexibility index (Phi) is 6.38. The van der Waals surface area contributed by atoms with Crippen LogP contribution in [-0.2, 0) is 23.1 Å². The highest BCUT2D eigenvalue weighted by Gasteiger charge is 2.49. The topological polar surface area (TPSA) is 72.9 Å². The first-order chi connectivity index (χ1) is 14.5. The lowest BCUT2D eigenvalue weighted by atomic mass is 9.91. The van der Waals surface area contributed by atoms with Crippen LogP contribution in [0.4, 0.5) is 18.0 Å². The number of nitrogens with zero attached hydrogens (tertiary/aromatic N) is 2. The van der Waals surface area contributed by atoms with Crippen molar-refractivity contribution in [1.82, 2.24) is 15.1 Å². The Bertz CT molecular complexity index is 935. The molecule has 166 valence electrons. The molecule has 1 heterocycles. The van der Waals surface area contributed by atoms with Crippen LogP contribution < -0.4 is 5.32 Å². The quantitative estimate of drug-likeness (QED) is 0.656. The molecule has 0 radical (unpaired) electrons. The highest BCUT2D eigenvalue weighted by atomic mass is 19.4. The van der Waals surface area contributed by atoms with Crippen LogP contribution in [0.25, 0.3) is 0 Å². The van der Waals surface area contributed by atoms with E-state index in [-0.39, 0.29) is 18.7 Å². The lowest BCUT2D eigenvalue weighted by Crippen LogP contribution is -2.43. The van der Waals surface area contributed by atoms with Crippen molar-refractivity contribution in [2.45, 2.75) is 31.3 Å². The molecule has 2 aromatic rings. The fourth-order valence-electron chi connectivity index (χ4n) is 3.64. The number of carbonyl (C=O) groups excluding carboxylic acids is 2. The predicted molar refractivity (Wildman–Crippen MR) is 108 cm³/mol. The summed E-state index contributed by atoms with van der Waals surface area (Å²) in [4.78, 5) is 28.1. The van der Waals surface area contributed by atoms with Gasteiger partial charge in [0.1, 0.15) is 5.54 Å². The van der Waals surface area contributed by atoms with Gasteiger partial charge in [0, 0.05) is 13.1 Å². The number of hydrogen-bond donors (Lipinski definition) is 2. The smallest absolute Gasteiger partial charge is 0.390 e. The SMILES string of the molecule is CN(Cc1ccccc1)CC(O)CN1C(=O)NC(C)(c2ccc(C(F)(F)F)cc2)C1=O. The molecule has 2 aromatic carbocycles. The maximum absolute atomic E-state index is 12.9. The number of rotatable bonds is 7. The van der Waals surface area contributed by atoms with Gasteiger partial charge in [-0.3, -0.25) is 14.6 Å². The van der Waals surface area contributed by atoms with Gasteiger partial charge in [0.2, 0.25) is 0 Å². The molecule has 1 aliphatic rings. The fraction of sp³-hybridized carbons (Fsp3) is 0.364. The zero-order chi connectivity index (χ0) is 22.8. The number of aliphatic hydroxyl groups is 1. The van der Waals surface area contributed by atoms with Crippen LogP contribution in [0.5, 0.6) is 0 Å².